The van der Waals surface area contributed by atoms with Gasteiger partial charge in [-0.3, -0.25) is 0 Å². The molecule has 0 amide bonds. The highest BCUT2D eigenvalue weighted by Gasteiger charge is 2.20. The fourth-order valence-electron chi connectivity index (χ4n) is 9.96. The van der Waals surface area contributed by atoms with Gasteiger partial charge in [0.15, 0.2) is 0 Å². The molecule has 0 aliphatic carbocycles. The van der Waals surface area contributed by atoms with Crippen molar-refractivity contribution in [2.75, 3.05) is 0 Å². The van der Waals surface area contributed by atoms with E-state index in [-0.39, 0.29) is 0 Å². The number of aromatic nitrogens is 2. The predicted molar refractivity (Wildman–Crippen MR) is 248 cm³/mol. The minimum atomic E-state index is 1.15. The normalized spacial score (nSPS) is 12.1. The van der Waals surface area contributed by atoms with E-state index in [1.807, 2.05) is 0 Å². The zero-order valence-electron chi connectivity index (χ0n) is 31.5. The zero-order valence-corrected chi connectivity index (χ0v) is 31.5. The SMILES string of the molecule is c1ccc(-n2c3cc4cc5ccccc5cc4cc3c3cc4c(cc32)c2ccccc2n4-c2cccc(-c3ccc4c5ccccc5c5ccccc5c4c3)c2)cc1. The summed E-state index contributed by atoms with van der Waals surface area (Å²) in [6, 6.07) is 76.4. The summed E-state index contributed by atoms with van der Waals surface area (Å²) < 4.78 is 4.93. The van der Waals surface area contributed by atoms with Crippen LogP contribution in [-0.2, 0) is 0 Å². The Morgan fingerprint density at radius 2 is 0.690 bits per heavy atom. The summed E-state index contributed by atoms with van der Waals surface area (Å²) in [4.78, 5) is 0. The summed E-state index contributed by atoms with van der Waals surface area (Å²) in [6.07, 6.45) is 0. The molecular formula is C56H34N2. The first-order valence-corrected chi connectivity index (χ1v) is 20.1. The summed E-state index contributed by atoms with van der Waals surface area (Å²) in [5, 5.41) is 17.8. The molecule has 2 heterocycles. The second-order valence-electron chi connectivity index (χ2n) is 15.7. The lowest BCUT2D eigenvalue weighted by molar-refractivity contribution is 1.18. The van der Waals surface area contributed by atoms with E-state index < -0.39 is 0 Å². The zero-order chi connectivity index (χ0) is 37.9. The van der Waals surface area contributed by atoms with Crippen LogP contribution in [-0.4, -0.2) is 9.13 Å². The highest BCUT2D eigenvalue weighted by molar-refractivity contribution is 6.26. The summed E-state index contributed by atoms with van der Waals surface area (Å²) in [6.45, 7) is 0. The Bertz CT molecular complexity index is 3810. The summed E-state index contributed by atoms with van der Waals surface area (Å²) >= 11 is 0. The number of nitrogens with zero attached hydrogens (tertiary/aromatic N) is 2. The van der Waals surface area contributed by atoms with E-state index >= 15 is 0 Å². The van der Waals surface area contributed by atoms with Crippen molar-refractivity contribution in [1.29, 1.82) is 0 Å². The number of rotatable bonds is 3. The topological polar surface area (TPSA) is 9.86 Å². The highest BCUT2D eigenvalue weighted by Crippen LogP contribution is 2.42. The molecule has 0 fully saturated rings. The molecule has 2 aromatic heterocycles. The van der Waals surface area contributed by atoms with Gasteiger partial charge in [-0.05, 0) is 138 Å². The van der Waals surface area contributed by atoms with Crippen molar-refractivity contribution in [3.63, 3.8) is 0 Å². The molecule has 0 bridgehead atoms. The fraction of sp³-hybridized carbons (Fsp3) is 0. The van der Waals surface area contributed by atoms with Crippen LogP contribution in [0.1, 0.15) is 0 Å². The smallest absolute Gasteiger partial charge is 0.0548 e. The molecule has 13 aromatic rings. The molecule has 0 spiro atoms. The van der Waals surface area contributed by atoms with Gasteiger partial charge in [-0.25, -0.2) is 0 Å². The van der Waals surface area contributed by atoms with Gasteiger partial charge in [0.1, 0.15) is 0 Å². The van der Waals surface area contributed by atoms with Gasteiger partial charge in [0, 0.05) is 32.9 Å². The average molecular weight is 735 g/mol. The average Bonchev–Trinajstić information content (AvgIpc) is 3.78. The van der Waals surface area contributed by atoms with Crippen molar-refractivity contribution < 1.29 is 0 Å². The van der Waals surface area contributed by atoms with Crippen LogP contribution in [0.15, 0.2) is 206 Å². The maximum Gasteiger partial charge on any atom is 0.0548 e. The van der Waals surface area contributed by atoms with Crippen molar-refractivity contribution in [3.05, 3.63) is 206 Å². The van der Waals surface area contributed by atoms with Gasteiger partial charge in [0.25, 0.3) is 0 Å². The number of hydrogen-bond donors (Lipinski definition) is 0. The van der Waals surface area contributed by atoms with E-state index in [4.69, 9.17) is 0 Å². The first kappa shape index (κ1) is 31.5. The molecule has 0 atom stereocenters. The molecule has 0 aliphatic heterocycles. The number of hydrogen-bond acceptors (Lipinski definition) is 0. The molecule has 268 valence electrons. The fourth-order valence-corrected chi connectivity index (χ4v) is 9.96. The second kappa shape index (κ2) is 11.9. The van der Waals surface area contributed by atoms with Crippen molar-refractivity contribution in [1.82, 2.24) is 9.13 Å². The maximum absolute atomic E-state index is 2.47. The van der Waals surface area contributed by atoms with Crippen LogP contribution >= 0.6 is 0 Å². The summed E-state index contributed by atoms with van der Waals surface area (Å²) in [5.74, 6) is 0. The number of benzene rings is 11. The van der Waals surface area contributed by atoms with Crippen LogP contribution in [0, 0.1) is 0 Å². The lowest BCUT2D eigenvalue weighted by atomic mass is 9.92. The van der Waals surface area contributed by atoms with Gasteiger partial charge in [-0.1, -0.05) is 133 Å². The van der Waals surface area contributed by atoms with E-state index in [0.29, 0.717) is 0 Å². The van der Waals surface area contributed by atoms with E-state index in [9.17, 15) is 0 Å². The van der Waals surface area contributed by atoms with Gasteiger partial charge >= 0.3 is 0 Å². The minimum absolute atomic E-state index is 1.15. The Hall–Kier alpha value is -7.68. The maximum atomic E-state index is 2.47. The van der Waals surface area contributed by atoms with Crippen molar-refractivity contribution in [3.8, 4) is 22.5 Å². The molecular weight excluding hydrogens is 701 g/mol. The lowest BCUT2D eigenvalue weighted by Crippen LogP contribution is -1.95. The van der Waals surface area contributed by atoms with E-state index in [2.05, 4.69) is 215 Å². The quantitative estimate of drug-likeness (QED) is 0.126. The standard InChI is InChI=1S/C56H34N2/c1-2-16-41(17-3-1)57-54-32-40-28-36-14-5-4-13-35(36)27-39(40)31-50(54)52-34-55-51(33-56(52)57)48-23-10-11-24-53(48)58(55)42-18-12-15-37(29-42)38-25-26-47-45-21-7-6-19-43(45)44-20-8-9-22-46(44)49(47)30-38/h1-34H. The Morgan fingerprint density at radius 3 is 1.40 bits per heavy atom. The highest BCUT2D eigenvalue weighted by atomic mass is 15.0. The van der Waals surface area contributed by atoms with Crippen molar-refractivity contribution >= 4 is 97.5 Å². The number of para-hydroxylation sites is 2. The summed E-state index contributed by atoms with van der Waals surface area (Å²) in [5.41, 5.74) is 9.54. The molecule has 0 unspecified atom stereocenters. The lowest BCUT2D eigenvalue weighted by Gasteiger charge is -2.13. The third-order valence-corrected chi connectivity index (χ3v) is 12.6. The third-order valence-electron chi connectivity index (χ3n) is 12.6. The van der Waals surface area contributed by atoms with E-state index in [0.717, 1.165) is 11.4 Å². The molecule has 0 saturated heterocycles. The van der Waals surface area contributed by atoms with Crippen molar-refractivity contribution in [2.45, 2.75) is 0 Å². The van der Waals surface area contributed by atoms with Crippen LogP contribution in [0.4, 0.5) is 0 Å². The first-order chi connectivity index (χ1) is 28.7. The van der Waals surface area contributed by atoms with Gasteiger partial charge < -0.3 is 9.13 Å². The molecule has 11 aromatic carbocycles. The monoisotopic (exact) mass is 734 g/mol. The largest absolute Gasteiger partial charge is 0.309 e. The molecule has 0 N–H and O–H groups in total. The molecule has 0 radical (unpaired) electrons. The number of fused-ring (bicyclic) bond motifs is 14. The predicted octanol–water partition coefficient (Wildman–Crippen LogP) is 15.3. The third kappa shape index (κ3) is 4.48. The van der Waals surface area contributed by atoms with Gasteiger partial charge in [-0.2, -0.15) is 0 Å². The molecule has 58 heavy (non-hydrogen) atoms. The van der Waals surface area contributed by atoms with Crippen LogP contribution in [0.3, 0.4) is 0 Å². The van der Waals surface area contributed by atoms with Crippen LogP contribution in [0.25, 0.3) is 120 Å². The minimum Gasteiger partial charge on any atom is -0.309 e. The van der Waals surface area contributed by atoms with Crippen LogP contribution in [0.5, 0.6) is 0 Å². The Kier molecular flexibility index (Phi) is 6.47. The summed E-state index contributed by atoms with van der Waals surface area (Å²) in [7, 11) is 0. The van der Waals surface area contributed by atoms with Crippen molar-refractivity contribution in [2.24, 2.45) is 0 Å². The second-order valence-corrected chi connectivity index (χ2v) is 15.7. The molecule has 2 heteroatoms. The van der Waals surface area contributed by atoms with Gasteiger partial charge in [0.2, 0.25) is 0 Å². The van der Waals surface area contributed by atoms with Gasteiger partial charge in [-0.15, -0.1) is 0 Å². The molecule has 13 rings (SSSR count). The Morgan fingerprint density at radius 1 is 0.207 bits per heavy atom. The van der Waals surface area contributed by atoms with Gasteiger partial charge in [0.05, 0.1) is 22.1 Å². The van der Waals surface area contributed by atoms with Crippen LogP contribution in [0.2, 0.25) is 0 Å². The van der Waals surface area contributed by atoms with E-state index in [1.165, 1.54) is 109 Å². The van der Waals surface area contributed by atoms with E-state index in [1.54, 1.807) is 0 Å². The molecule has 0 saturated carbocycles. The molecule has 2 nitrogen and oxygen atoms in total. The first-order valence-electron chi connectivity index (χ1n) is 20.1. The molecule has 0 aliphatic rings. The Balaban J connectivity index is 1.07. The Labute approximate surface area is 334 Å². The van der Waals surface area contributed by atoms with Crippen LogP contribution < -0.4 is 0 Å².